The third kappa shape index (κ3) is 3.39. The number of nitriles is 1. The third-order valence-electron chi connectivity index (χ3n) is 4.43. The van der Waals surface area contributed by atoms with E-state index in [4.69, 9.17) is 0 Å². The van der Waals surface area contributed by atoms with Gasteiger partial charge in [0.25, 0.3) is 0 Å². The minimum atomic E-state index is 0.212. The molecule has 0 amide bonds. The maximum absolute atomic E-state index is 10.5. The lowest BCUT2D eigenvalue weighted by molar-refractivity contribution is 0.158. The van der Waals surface area contributed by atoms with Gasteiger partial charge in [0.1, 0.15) is 5.75 Å². The second-order valence-electron chi connectivity index (χ2n) is 5.99. The van der Waals surface area contributed by atoms with Crippen LogP contribution in [0.1, 0.15) is 36.4 Å². The van der Waals surface area contributed by atoms with Crippen LogP contribution >= 0.6 is 15.9 Å². The number of aromatic hydroxyl groups is 1. The smallest absolute Gasteiger partial charge is 0.134 e. The molecule has 2 aliphatic rings. The van der Waals surface area contributed by atoms with Gasteiger partial charge >= 0.3 is 0 Å². The average molecular weight is 350 g/mol. The van der Waals surface area contributed by atoms with Gasteiger partial charge in [0.05, 0.1) is 16.1 Å². The molecular formula is C16H20BrN3O. The van der Waals surface area contributed by atoms with E-state index in [0.29, 0.717) is 10.0 Å². The number of benzene rings is 1. The van der Waals surface area contributed by atoms with Crippen molar-refractivity contribution in [3.63, 3.8) is 0 Å². The fourth-order valence-corrected chi connectivity index (χ4v) is 3.55. The van der Waals surface area contributed by atoms with Crippen molar-refractivity contribution in [2.75, 3.05) is 26.2 Å². The molecule has 1 saturated heterocycles. The molecule has 3 rings (SSSR count). The Balaban J connectivity index is 1.94. The van der Waals surface area contributed by atoms with Crippen LogP contribution in [0, 0.1) is 17.2 Å². The highest BCUT2D eigenvalue weighted by Gasteiger charge is 2.32. The van der Waals surface area contributed by atoms with E-state index in [2.05, 4.69) is 32.2 Å². The van der Waals surface area contributed by atoms with Crippen LogP contribution in [-0.2, 0) is 0 Å². The second-order valence-corrected chi connectivity index (χ2v) is 6.84. The normalized spacial score (nSPS) is 21.0. The molecule has 0 radical (unpaired) electrons. The molecular weight excluding hydrogens is 330 g/mol. The van der Waals surface area contributed by atoms with E-state index < -0.39 is 0 Å². The van der Waals surface area contributed by atoms with E-state index in [0.717, 1.165) is 44.1 Å². The maximum atomic E-state index is 10.5. The van der Waals surface area contributed by atoms with E-state index in [-0.39, 0.29) is 11.8 Å². The monoisotopic (exact) mass is 349 g/mol. The number of hydrogen-bond acceptors (Lipinski definition) is 4. The lowest BCUT2D eigenvalue weighted by atomic mass is 9.96. The average Bonchev–Trinajstić information content (AvgIpc) is 3.33. The Labute approximate surface area is 133 Å². The van der Waals surface area contributed by atoms with Gasteiger partial charge < -0.3 is 10.4 Å². The van der Waals surface area contributed by atoms with Crippen LogP contribution in [0.25, 0.3) is 0 Å². The number of nitrogens with one attached hydrogen (secondary N) is 1. The van der Waals surface area contributed by atoms with Gasteiger partial charge in [-0.25, -0.2) is 0 Å². The SMILES string of the molecule is N#Cc1cc(Br)c(O)c([C@H](CC2CC2)N2CCNCC2)c1. The Morgan fingerprint density at radius 2 is 2.10 bits per heavy atom. The molecule has 0 aromatic heterocycles. The van der Waals surface area contributed by atoms with Crippen LogP contribution in [0.15, 0.2) is 16.6 Å². The zero-order chi connectivity index (χ0) is 14.8. The summed E-state index contributed by atoms with van der Waals surface area (Å²) in [4.78, 5) is 2.44. The minimum Gasteiger partial charge on any atom is -0.506 e. The molecule has 1 atom stereocenters. The van der Waals surface area contributed by atoms with E-state index in [1.165, 1.54) is 12.8 Å². The number of halogens is 1. The topological polar surface area (TPSA) is 59.3 Å². The zero-order valence-corrected chi connectivity index (χ0v) is 13.6. The fraction of sp³-hybridized carbons (Fsp3) is 0.562. The molecule has 1 aromatic carbocycles. The van der Waals surface area contributed by atoms with Crippen molar-refractivity contribution in [2.24, 2.45) is 5.92 Å². The molecule has 2 N–H and O–H groups in total. The Bertz CT molecular complexity index is 559. The van der Waals surface area contributed by atoms with Gasteiger partial charge in [-0.3, -0.25) is 4.90 Å². The van der Waals surface area contributed by atoms with E-state index in [1.54, 1.807) is 6.07 Å². The molecule has 5 heteroatoms. The van der Waals surface area contributed by atoms with Crippen molar-refractivity contribution in [1.29, 1.82) is 5.26 Å². The summed E-state index contributed by atoms with van der Waals surface area (Å²) in [7, 11) is 0. The van der Waals surface area contributed by atoms with Crippen LogP contribution in [0.4, 0.5) is 0 Å². The summed E-state index contributed by atoms with van der Waals surface area (Å²) in [6.07, 6.45) is 3.67. The molecule has 0 unspecified atom stereocenters. The Hall–Kier alpha value is -1.09. The van der Waals surface area contributed by atoms with Crippen molar-refractivity contribution < 1.29 is 5.11 Å². The van der Waals surface area contributed by atoms with Crippen molar-refractivity contribution in [3.8, 4) is 11.8 Å². The van der Waals surface area contributed by atoms with Gasteiger partial charge in [-0.05, 0) is 40.4 Å². The summed E-state index contributed by atoms with van der Waals surface area (Å²) in [5.74, 6) is 1.06. The third-order valence-corrected chi connectivity index (χ3v) is 5.03. The van der Waals surface area contributed by atoms with E-state index in [1.807, 2.05) is 6.07 Å². The standard InChI is InChI=1S/C16H20BrN3O/c17-14-8-12(10-18)7-13(16(14)21)15(9-11-1-2-11)20-5-3-19-4-6-20/h7-8,11,15,19,21H,1-6,9H2/t15-/m0/s1. The van der Waals surface area contributed by atoms with Crippen LogP contribution in [0.2, 0.25) is 0 Å². The van der Waals surface area contributed by atoms with Crippen LogP contribution in [0.3, 0.4) is 0 Å². The molecule has 0 spiro atoms. The molecule has 1 aliphatic carbocycles. The number of nitrogens with zero attached hydrogens (tertiary/aromatic N) is 2. The molecule has 1 aliphatic heterocycles. The summed E-state index contributed by atoms with van der Waals surface area (Å²) in [5.41, 5.74) is 1.50. The van der Waals surface area contributed by atoms with Gasteiger partial charge in [0, 0.05) is 37.8 Å². The number of phenols is 1. The molecule has 2 fully saturated rings. The summed E-state index contributed by atoms with van der Waals surface area (Å²) >= 11 is 3.38. The molecule has 4 nitrogen and oxygen atoms in total. The number of rotatable bonds is 4. The van der Waals surface area contributed by atoms with Gasteiger partial charge in [-0.1, -0.05) is 12.8 Å². The first kappa shape index (κ1) is 14.8. The van der Waals surface area contributed by atoms with Crippen LogP contribution < -0.4 is 5.32 Å². The second kappa shape index (κ2) is 6.35. The van der Waals surface area contributed by atoms with Crippen LogP contribution in [0.5, 0.6) is 5.75 Å². The fourth-order valence-electron chi connectivity index (χ4n) is 3.07. The van der Waals surface area contributed by atoms with E-state index >= 15 is 0 Å². The molecule has 1 aromatic rings. The lowest BCUT2D eigenvalue weighted by Gasteiger charge is -2.36. The lowest BCUT2D eigenvalue weighted by Crippen LogP contribution is -2.45. The van der Waals surface area contributed by atoms with Crippen molar-refractivity contribution >= 4 is 15.9 Å². The highest BCUT2D eigenvalue weighted by atomic mass is 79.9. The molecule has 21 heavy (non-hydrogen) atoms. The number of piperazine rings is 1. The Morgan fingerprint density at radius 3 is 2.71 bits per heavy atom. The quantitative estimate of drug-likeness (QED) is 0.877. The summed E-state index contributed by atoms with van der Waals surface area (Å²) < 4.78 is 0.618. The number of hydrogen-bond donors (Lipinski definition) is 2. The van der Waals surface area contributed by atoms with Gasteiger partial charge in [-0.15, -0.1) is 0 Å². The molecule has 112 valence electrons. The largest absolute Gasteiger partial charge is 0.506 e. The maximum Gasteiger partial charge on any atom is 0.134 e. The minimum absolute atomic E-state index is 0.212. The molecule has 1 heterocycles. The molecule has 1 saturated carbocycles. The first-order valence-corrected chi connectivity index (χ1v) is 8.35. The van der Waals surface area contributed by atoms with Gasteiger partial charge in [0.2, 0.25) is 0 Å². The Morgan fingerprint density at radius 1 is 1.38 bits per heavy atom. The van der Waals surface area contributed by atoms with Crippen molar-refractivity contribution in [2.45, 2.75) is 25.3 Å². The first-order valence-electron chi connectivity index (χ1n) is 7.56. The summed E-state index contributed by atoms with van der Waals surface area (Å²) in [6, 6.07) is 5.94. The van der Waals surface area contributed by atoms with E-state index in [9.17, 15) is 10.4 Å². The van der Waals surface area contributed by atoms with Crippen molar-refractivity contribution in [3.05, 3.63) is 27.7 Å². The predicted molar refractivity (Wildman–Crippen MR) is 85.0 cm³/mol. The van der Waals surface area contributed by atoms with Crippen LogP contribution in [-0.4, -0.2) is 36.2 Å². The van der Waals surface area contributed by atoms with Gasteiger partial charge in [-0.2, -0.15) is 5.26 Å². The highest BCUT2D eigenvalue weighted by Crippen LogP contribution is 2.44. The predicted octanol–water partition coefficient (Wildman–Crippen LogP) is 2.77. The summed E-state index contributed by atoms with van der Waals surface area (Å²) in [6.45, 7) is 3.96. The zero-order valence-electron chi connectivity index (χ0n) is 12.0. The first-order chi connectivity index (χ1) is 10.2. The molecule has 0 bridgehead atoms. The number of phenolic OH excluding ortho intramolecular Hbond substituents is 1. The van der Waals surface area contributed by atoms with Crippen molar-refractivity contribution in [1.82, 2.24) is 10.2 Å². The Kier molecular flexibility index (Phi) is 4.48. The highest BCUT2D eigenvalue weighted by molar-refractivity contribution is 9.10. The van der Waals surface area contributed by atoms with Gasteiger partial charge in [0.15, 0.2) is 0 Å². The summed E-state index contributed by atoms with van der Waals surface area (Å²) in [5, 5.41) is 23.0.